The summed E-state index contributed by atoms with van der Waals surface area (Å²) in [5.74, 6) is 0.392. The maximum Gasteiger partial charge on any atom is 0.205 e. The number of benzene rings is 3. The average molecular weight is 392 g/mol. The fraction of sp³-hybridized carbons (Fsp3) is 0.0769. The van der Waals surface area contributed by atoms with Gasteiger partial charge in [-0.25, -0.2) is 0 Å². The molecule has 4 rings (SSSR count). The Labute approximate surface area is 175 Å². The highest BCUT2D eigenvalue weighted by molar-refractivity contribution is 6.20. The van der Waals surface area contributed by atoms with Crippen molar-refractivity contribution in [2.45, 2.75) is 13.5 Å². The molecular formula is C26H20N2O2. The first-order chi connectivity index (χ1) is 14.7. The van der Waals surface area contributed by atoms with E-state index in [9.17, 15) is 10.1 Å². The molecule has 0 saturated carbocycles. The number of nitrogens with zero attached hydrogens (tertiary/aromatic N) is 1. The lowest BCUT2D eigenvalue weighted by molar-refractivity contribution is 0.104. The molecular weight excluding hydrogens is 372 g/mol. The highest BCUT2D eigenvalue weighted by Crippen LogP contribution is 2.25. The van der Waals surface area contributed by atoms with Crippen LogP contribution in [0.5, 0.6) is 5.75 Å². The molecule has 0 amide bonds. The van der Waals surface area contributed by atoms with Crippen LogP contribution in [0.1, 0.15) is 27.2 Å². The third kappa shape index (κ3) is 4.01. The molecule has 30 heavy (non-hydrogen) atoms. The highest BCUT2D eigenvalue weighted by atomic mass is 16.5. The zero-order valence-corrected chi connectivity index (χ0v) is 16.6. The van der Waals surface area contributed by atoms with Gasteiger partial charge in [-0.1, -0.05) is 60.7 Å². The number of allylic oxidation sites excluding steroid dienone is 1. The number of ketones is 1. The molecule has 0 unspecified atom stereocenters. The fourth-order valence-corrected chi connectivity index (χ4v) is 3.45. The number of ether oxygens (including phenoxy) is 1. The lowest BCUT2D eigenvalue weighted by Crippen LogP contribution is -2.03. The van der Waals surface area contributed by atoms with Gasteiger partial charge in [-0.15, -0.1) is 0 Å². The predicted octanol–water partition coefficient (Wildman–Crippen LogP) is 5.85. The number of carbonyl (C=O) groups excluding carboxylic acids is 1. The molecule has 0 saturated heterocycles. The predicted molar refractivity (Wildman–Crippen MR) is 118 cm³/mol. The molecule has 4 nitrogen and oxygen atoms in total. The average Bonchev–Trinajstić information content (AvgIpc) is 3.12. The quantitative estimate of drug-likeness (QED) is 0.254. The summed E-state index contributed by atoms with van der Waals surface area (Å²) in [5.41, 5.74) is 4.07. The molecule has 0 spiro atoms. The van der Waals surface area contributed by atoms with Crippen LogP contribution in [0, 0.1) is 18.3 Å². The Bertz CT molecular complexity index is 1280. The molecule has 0 bridgehead atoms. The van der Waals surface area contributed by atoms with E-state index in [-0.39, 0.29) is 11.4 Å². The molecule has 3 aromatic carbocycles. The summed E-state index contributed by atoms with van der Waals surface area (Å²) >= 11 is 0. The summed E-state index contributed by atoms with van der Waals surface area (Å²) in [6.07, 6.45) is 1.61. The molecule has 1 heterocycles. The molecule has 0 fully saturated rings. The zero-order valence-electron chi connectivity index (χ0n) is 16.6. The summed E-state index contributed by atoms with van der Waals surface area (Å²) in [7, 11) is 0. The molecule has 0 aliphatic heterocycles. The number of carbonyl (C=O) groups is 1. The van der Waals surface area contributed by atoms with Crippen LogP contribution in [-0.2, 0) is 6.61 Å². The largest absolute Gasteiger partial charge is 0.489 e. The number of aromatic nitrogens is 1. The van der Waals surface area contributed by atoms with Crippen LogP contribution >= 0.6 is 0 Å². The minimum Gasteiger partial charge on any atom is -0.489 e. The van der Waals surface area contributed by atoms with Crippen molar-refractivity contribution in [2.75, 3.05) is 0 Å². The number of rotatable bonds is 6. The van der Waals surface area contributed by atoms with Crippen LogP contribution in [0.4, 0.5) is 0 Å². The van der Waals surface area contributed by atoms with Crippen LogP contribution in [0.25, 0.3) is 17.0 Å². The summed E-state index contributed by atoms with van der Waals surface area (Å²) in [5, 5.41) is 10.5. The van der Waals surface area contributed by atoms with Crippen LogP contribution < -0.4 is 4.74 Å². The first-order valence-corrected chi connectivity index (χ1v) is 9.66. The number of nitrogens with one attached hydrogen (secondary N) is 1. The standard InChI is InChI=1S/C26H20N2O2/c1-18-25(23-12-5-6-13-24(23)28-18)26(29)21(16-27)14-20-10-7-11-22(15-20)30-17-19-8-3-2-4-9-19/h2-15,28H,17H2,1H3. The first-order valence-electron chi connectivity index (χ1n) is 9.66. The number of nitriles is 1. The molecule has 0 radical (unpaired) electrons. The van der Waals surface area contributed by atoms with Crippen LogP contribution in [0.2, 0.25) is 0 Å². The molecule has 0 aliphatic carbocycles. The number of hydrogen-bond donors (Lipinski definition) is 1. The molecule has 4 aromatic rings. The molecule has 1 aromatic heterocycles. The summed E-state index contributed by atoms with van der Waals surface area (Å²) in [4.78, 5) is 16.3. The third-order valence-electron chi connectivity index (χ3n) is 4.90. The van der Waals surface area contributed by atoms with Gasteiger partial charge in [0.15, 0.2) is 0 Å². The number of para-hydroxylation sites is 1. The highest BCUT2D eigenvalue weighted by Gasteiger charge is 2.19. The van der Waals surface area contributed by atoms with Crippen LogP contribution in [-0.4, -0.2) is 10.8 Å². The maximum absolute atomic E-state index is 13.1. The second kappa shape index (κ2) is 8.50. The Kier molecular flexibility index (Phi) is 5.45. The number of fused-ring (bicyclic) bond motifs is 1. The number of hydrogen-bond acceptors (Lipinski definition) is 3. The summed E-state index contributed by atoms with van der Waals surface area (Å²) in [6, 6.07) is 27.0. The van der Waals surface area contributed by atoms with E-state index in [2.05, 4.69) is 11.1 Å². The lowest BCUT2D eigenvalue weighted by atomic mass is 9.99. The normalized spacial score (nSPS) is 11.3. The number of Topliss-reactive ketones (excluding diaryl/α,β-unsaturated/α-hetero) is 1. The van der Waals surface area contributed by atoms with Gasteiger partial charge >= 0.3 is 0 Å². The van der Waals surface area contributed by atoms with Gasteiger partial charge in [-0.3, -0.25) is 4.79 Å². The van der Waals surface area contributed by atoms with Crippen molar-refractivity contribution in [1.82, 2.24) is 4.98 Å². The fourth-order valence-electron chi connectivity index (χ4n) is 3.45. The van der Waals surface area contributed by atoms with Crippen molar-refractivity contribution in [3.8, 4) is 11.8 Å². The van der Waals surface area contributed by atoms with Gasteiger partial charge in [-0.05, 0) is 42.3 Å². The van der Waals surface area contributed by atoms with Crippen molar-refractivity contribution in [3.63, 3.8) is 0 Å². The van der Waals surface area contributed by atoms with Gasteiger partial charge in [0.2, 0.25) is 5.78 Å². The third-order valence-corrected chi connectivity index (χ3v) is 4.90. The van der Waals surface area contributed by atoms with Gasteiger partial charge < -0.3 is 9.72 Å². The van der Waals surface area contributed by atoms with Gasteiger partial charge in [-0.2, -0.15) is 5.26 Å². The number of aryl methyl sites for hydroxylation is 1. The van der Waals surface area contributed by atoms with Gasteiger partial charge in [0, 0.05) is 16.6 Å². The second-order valence-electron chi connectivity index (χ2n) is 7.02. The minimum atomic E-state index is -0.289. The van der Waals surface area contributed by atoms with Crippen molar-refractivity contribution in [2.24, 2.45) is 0 Å². The SMILES string of the molecule is Cc1[nH]c2ccccc2c1C(=O)C(C#N)=Cc1cccc(OCc2ccccc2)c1. The maximum atomic E-state index is 13.1. The van der Waals surface area contributed by atoms with E-state index in [0.717, 1.165) is 27.7 Å². The summed E-state index contributed by atoms with van der Waals surface area (Å²) in [6.45, 7) is 2.30. The van der Waals surface area contributed by atoms with E-state index in [0.29, 0.717) is 17.9 Å². The van der Waals surface area contributed by atoms with Crippen molar-refractivity contribution >= 4 is 22.8 Å². The number of aromatic amines is 1. The Morgan fingerprint density at radius 3 is 2.60 bits per heavy atom. The van der Waals surface area contributed by atoms with E-state index in [1.54, 1.807) is 6.08 Å². The number of H-pyrrole nitrogens is 1. The molecule has 4 heteroatoms. The van der Waals surface area contributed by atoms with E-state index >= 15 is 0 Å². The second-order valence-corrected chi connectivity index (χ2v) is 7.02. The van der Waals surface area contributed by atoms with Gasteiger partial charge in [0.05, 0.1) is 5.56 Å². The zero-order chi connectivity index (χ0) is 20.9. The first kappa shape index (κ1) is 19.2. The Morgan fingerprint density at radius 2 is 1.80 bits per heavy atom. The lowest BCUT2D eigenvalue weighted by Gasteiger charge is -2.07. The van der Waals surface area contributed by atoms with Crippen molar-refractivity contribution in [1.29, 1.82) is 5.26 Å². The molecule has 146 valence electrons. The minimum absolute atomic E-state index is 0.0862. The molecule has 1 N–H and O–H groups in total. The van der Waals surface area contributed by atoms with Crippen LogP contribution in [0.15, 0.2) is 84.4 Å². The van der Waals surface area contributed by atoms with Gasteiger partial charge in [0.25, 0.3) is 0 Å². The van der Waals surface area contributed by atoms with E-state index in [4.69, 9.17) is 4.74 Å². The molecule has 0 aliphatic rings. The monoisotopic (exact) mass is 392 g/mol. The smallest absolute Gasteiger partial charge is 0.205 e. The van der Waals surface area contributed by atoms with Crippen molar-refractivity contribution in [3.05, 3.63) is 107 Å². The van der Waals surface area contributed by atoms with E-state index < -0.39 is 0 Å². The molecule has 0 atom stereocenters. The topological polar surface area (TPSA) is 65.9 Å². The van der Waals surface area contributed by atoms with Crippen molar-refractivity contribution < 1.29 is 9.53 Å². The Balaban J connectivity index is 1.60. The van der Waals surface area contributed by atoms with Crippen LogP contribution in [0.3, 0.4) is 0 Å². The summed E-state index contributed by atoms with van der Waals surface area (Å²) < 4.78 is 5.86. The Morgan fingerprint density at radius 1 is 1.03 bits per heavy atom. The Hall–Kier alpha value is -4.10. The van der Waals surface area contributed by atoms with E-state index in [1.807, 2.05) is 85.8 Å². The van der Waals surface area contributed by atoms with Gasteiger partial charge in [0.1, 0.15) is 24.0 Å². The van der Waals surface area contributed by atoms with E-state index in [1.165, 1.54) is 0 Å².